The normalized spacial score (nSPS) is 28.1. The average molecular weight is 323 g/mol. The molecule has 1 aromatic carbocycles. The summed E-state index contributed by atoms with van der Waals surface area (Å²) in [5, 5.41) is 1.35. The number of hydrogen-bond donors (Lipinski definition) is 0. The van der Waals surface area contributed by atoms with Crippen LogP contribution in [-0.2, 0) is 0 Å². The maximum Gasteiger partial charge on any atom is 0.0970 e. The number of hydrogen-bond acceptors (Lipinski definition) is 3. The molecule has 1 saturated heterocycles. The Kier molecular flexibility index (Phi) is 2.71. The molecule has 2 fully saturated rings. The van der Waals surface area contributed by atoms with Gasteiger partial charge in [0.25, 0.3) is 0 Å². The zero-order valence-corrected chi connectivity index (χ0v) is 12.5. The summed E-state index contributed by atoms with van der Waals surface area (Å²) in [6, 6.07) is 7.23. The highest BCUT2D eigenvalue weighted by molar-refractivity contribution is 9.10. The minimum Gasteiger partial charge on any atom is -0.300 e. The SMILES string of the molecule is Brc1ccc2nc([C@H]3C[C@H](N4CCC4)C3)sc2c1. The molecule has 18 heavy (non-hydrogen) atoms. The van der Waals surface area contributed by atoms with Crippen molar-refractivity contribution in [2.45, 2.75) is 31.2 Å². The maximum atomic E-state index is 4.79. The standard InChI is InChI=1S/C14H15BrN2S/c15-10-2-3-12-13(8-10)18-14(16-12)9-6-11(7-9)17-4-1-5-17/h2-3,8-9,11H,1,4-7H2/t9-,11-. The minimum absolute atomic E-state index is 0.715. The Morgan fingerprint density at radius 3 is 2.83 bits per heavy atom. The van der Waals surface area contributed by atoms with E-state index in [2.05, 4.69) is 39.0 Å². The maximum absolute atomic E-state index is 4.79. The monoisotopic (exact) mass is 322 g/mol. The summed E-state index contributed by atoms with van der Waals surface area (Å²) in [4.78, 5) is 7.42. The van der Waals surface area contributed by atoms with Crippen LogP contribution in [0.15, 0.2) is 22.7 Å². The number of halogens is 1. The first-order valence-corrected chi connectivity index (χ1v) is 8.20. The highest BCUT2D eigenvalue weighted by atomic mass is 79.9. The Bertz CT molecular complexity index is 584. The third-order valence-corrected chi connectivity index (χ3v) is 5.91. The molecule has 2 aromatic rings. The third-order valence-electron chi connectivity index (χ3n) is 4.24. The quantitative estimate of drug-likeness (QED) is 0.830. The zero-order chi connectivity index (χ0) is 12.1. The summed E-state index contributed by atoms with van der Waals surface area (Å²) in [6.07, 6.45) is 4.04. The van der Waals surface area contributed by atoms with E-state index in [1.165, 1.54) is 42.1 Å². The molecular formula is C14H15BrN2S. The Labute approximate surface area is 119 Å². The van der Waals surface area contributed by atoms with Gasteiger partial charge in [0.15, 0.2) is 0 Å². The molecule has 0 bridgehead atoms. The summed E-state index contributed by atoms with van der Waals surface area (Å²) in [5.74, 6) is 0.715. The lowest BCUT2D eigenvalue weighted by atomic mass is 9.78. The lowest BCUT2D eigenvalue weighted by Crippen LogP contribution is -2.50. The molecule has 0 N–H and O–H groups in total. The van der Waals surface area contributed by atoms with Crippen LogP contribution < -0.4 is 0 Å². The van der Waals surface area contributed by atoms with Crippen LogP contribution in [0.1, 0.15) is 30.2 Å². The minimum atomic E-state index is 0.715. The van der Waals surface area contributed by atoms with Gasteiger partial charge in [0, 0.05) is 16.4 Å². The number of fused-ring (bicyclic) bond motifs is 1. The fraction of sp³-hybridized carbons (Fsp3) is 0.500. The van der Waals surface area contributed by atoms with E-state index in [1.807, 2.05) is 11.3 Å². The van der Waals surface area contributed by atoms with Crippen LogP contribution in [0.5, 0.6) is 0 Å². The molecule has 0 amide bonds. The number of rotatable bonds is 2. The van der Waals surface area contributed by atoms with Crippen molar-refractivity contribution in [3.05, 3.63) is 27.7 Å². The van der Waals surface area contributed by atoms with Gasteiger partial charge in [-0.2, -0.15) is 0 Å². The molecule has 0 unspecified atom stereocenters. The number of aromatic nitrogens is 1. The van der Waals surface area contributed by atoms with E-state index >= 15 is 0 Å². The van der Waals surface area contributed by atoms with Gasteiger partial charge in [0.2, 0.25) is 0 Å². The Morgan fingerprint density at radius 2 is 2.11 bits per heavy atom. The van der Waals surface area contributed by atoms with Crippen molar-refractivity contribution in [2.75, 3.05) is 13.1 Å². The second-order valence-corrected chi connectivity index (χ2v) is 7.35. The number of benzene rings is 1. The van der Waals surface area contributed by atoms with E-state index in [4.69, 9.17) is 4.98 Å². The van der Waals surface area contributed by atoms with Gasteiger partial charge in [0.1, 0.15) is 0 Å². The van der Waals surface area contributed by atoms with Gasteiger partial charge in [-0.3, -0.25) is 0 Å². The van der Waals surface area contributed by atoms with Gasteiger partial charge in [-0.25, -0.2) is 4.98 Å². The highest BCUT2D eigenvalue weighted by Crippen LogP contribution is 2.43. The number of nitrogens with zero attached hydrogens (tertiary/aromatic N) is 2. The molecule has 2 nitrogen and oxygen atoms in total. The van der Waals surface area contributed by atoms with E-state index in [-0.39, 0.29) is 0 Å². The van der Waals surface area contributed by atoms with Crippen molar-refractivity contribution >= 4 is 37.5 Å². The Balaban J connectivity index is 1.53. The summed E-state index contributed by atoms with van der Waals surface area (Å²) in [6.45, 7) is 2.65. The molecule has 1 aliphatic carbocycles. The molecule has 2 aliphatic rings. The molecule has 0 radical (unpaired) electrons. The zero-order valence-electron chi connectivity index (χ0n) is 10.1. The van der Waals surface area contributed by atoms with Gasteiger partial charge in [-0.1, -0.05) is 15.9 Å². The van der Waals surface area contributed by atoms with Crippen LogP contribution in [0.3, 0.4) is 0 Å². The first-order chi connectivity index (χ1) is 8.79. The van der Waals surface area contributed by atoms with Crippen molar-refractivity contribution in [2.24, 2.45) is 0 Å². The van der Waals surface area contributed by atoms with E-state index < -0.39 is 0 Å². The van der Waals surface area contributed by atoms with Crippen molar-refractivity contribution in [1.82, 2.24) is 9.88 Å². The molecule has 1 aromatic heterocycles. The van der Waals surface area contributed by atoms with Crippen molar-refractivity contribution < 1.29 is 0 Å². The summed E-state index contributed by atoms with van der Waals surface area (Å²) in [7, 11) is 0. The van der Waals surface area contributed by atoms with Crippen molar-refractivity contribution in [1.29, 1.82) is 0 Å². The Morgan fingerprint density at radius 1 is 1.28 bits per heavy atom. The number of thiazole rings is 1. The van der Waals surface area contributed by atoms with Gasteiger partial charge >= 0.3 is 0 Å². The molecule has 4 rings (SSSR count). The third kappa shape index (κ3) is 1.82. The van der Waals surface area contributed by atoms with Crippen molar-refractivity contribution in [3.8, 4) is 0 Å². The van der Waals surface area contributed by atoms with Crippen LogP contribution in [0, 0.1) is 0 Å². The fourth-order valence-corrected chi connectivity index (χ4v) is 4.53. The van der Waals surface area contributed by atoms with Gasteiger partial charge in [0.05, 0.1) is 15.2 Å². The fourth-order valence-electron chi connectivity index (χ4n) is 2.88. The first kappa shape index (κ1) is 11.4. The largest absolute Gasteiger partial charge is 0.300 e. The van der Waals surface area contributed by atoms with Crippen LogP contribution in [0.2, 0.25) is 0 Å². The summed E-state index contributed by atoms with van der Waals surface area (Å²) < 4.78 is 2.46. The molecular weight excluding hydrogens is 308 g/mol. The smallest absolute Gasteiger partial charge is 0.0970 e. The molecule has 0 atom stereocenters. The molecule has 94 valence electrons. The number of likely N-dealkylation sites (tertiary alicyclic amines) is 1. The van der Waals surface area contributed by atoms with Crippen LogP contribution in [0.25, 0.3) is 10.2 Å². The van der Waals surface area contributed by atoms with Gasteiger partial charge in [-0.05, 0) is 50.6 Å². The summed E-state index contributed by atoms with van der Waals surface area (Å²) in [5.41, 5.74) is 1.16. The van der Waals surface area contributed by atoms with Gasteiger partial charge in [-0.15, -0.1) is 11.3 Å². The van der Waals surface area contributed by atoms with Crippen LogP contribution >= 0.6 is 27.3 Å². The topological polar surface area (TPSA) is 16.1 Å². The lowest BCUT2D eigenvalue weighted by Gasteiger charge is -2.46. The van der Waals surface area contributed by atoms with Crippen molar-refractivity contribution in [3.63, 3.8) is 0 Å². The predicted octanol–water partition coefficient (Wildman–Crippen LogP) is 4.01. The first-order valence-electron chi connectivity index (χ1n) is 6.59. The Hall–Kier alpha value is -0.450. The van der Waals surface area contributed by atoms with Crippen LogP contribution in [0.4, 0.5) is 0 Å². The molecule has 1 saturated carbocycles. The highest BCUT2D eigenvalue weighted by Gasteiger charge is 2.37. The van der Waals surface area contributed by atoms with E-state index in [0.717, 1.165) is 16.0 Å². The molecule has 4 heteroatoms. The molecule has 1 aliphatic heterocycles. The van der Waals surface area contributed by atoms with E-state index in [1.54, 1.807) is 0 Å². The molecule has 0 spiro atoms. The molecule has 2 heterocycles. The lowest BCUT2D eigenvalue weighted by molar-refractivity contribution is 0.0541. The predicted molar refractivity (Wildman–Crippen MR) is 79.3 cm³/mol. The van der Waals surface area contributed by atoms with E-state index in [9.17, 15) is 0 Å². The second kappa shape index (κ2) is 4.29. The van der Waals surface area contributed by atoms with Gasteiger partial charge < -0.3 is 4.90 Å². The van der Waals surface area contributed by atoms with E-state index in [0.29, 0.717) is 5.92 Å². The second-order valence-electron chi connectivity index (χ2n) is 5.38. The summed E-state index contributed by atoms with van der Waals surface area (Å²) >= 11 is 5.40. The van der Waals surface area contributed by atoms with Crippen LogP contribution in [-0.4, -0.2) is 29.0 Å². The average Bonchev–Trinajstić information content (AvgIpc) is 2.61.